The summed E-state index contributed by atoms with van der Waals surface area (Å²) < 4.78 is 44.4. The number of para-hydroxylation sites is 1. The lowest BCUT2D eigenvalue weighted by Gasteiger charge is -2.27. The molecule has 1 aromatic carbocycles. The van der Waals surface area contributed by atoms with Crippen LogP contribution in [0.1, 0.15) is 12.3 Å². The molecular formula is C15H13F3N4O2. The Morgan fingerprint density at radius 3 is 2.62 bits per heavy atom. The summed E-state index contributed by atoms with van der Waals surface area (Å²) in [6, 6.07) is 7.09. The van der Waals surface area contributed by atoms with Gasteiger partial charge < -0.3 is 14.8 Å². The van der Waals surface area contributed by atoms with Crippen molar-refractivity contribution in [1.82, 2.24) is 15.0 Å². The Hall–Kier alpha value is -2.68. The average Bonchev–Trinajstić information content (AvgIpc) is 3.09. The summed E-state index contributed by atoms with van der Waals surface area (Å²) in [4.78, 5) is 11.5. The molecule has 1 unspecified atom stereocenters. The van der Waals surface area contributed by atoms with Crippen LogP contribution in [0.2, 0.25) is 0 Å². The highest BCUT2D eigenvalue weighted by molar-refractivity contribution is 5.88. The van der Waals surface area contributed by atoms with E-state index in [1.165, 1.54) is 6.33 Å². The summed E-state index contributed by atoms with van der Waals surface area (Å²) >= 11 is 0. The zero-order chi connectivity index (χ0) is 17.2. The minimum absolute atomic E-state index is 0.195. The van der Waals surface area contributed by atoms with Gasteiger partial charge >= 0.3 is 6.18 Å². The predicted molar refractivity (Wildman–Crippen MR) is 79.1 cm³/mol. The van der Waals surface area contributed by atoms with Gasteiger partial charge in [-0.1, -0.05) is 12.1 Å². The number of fused-ring (bicyclic) bond motifs is 1. The monoisotopic (exact) mass is 338 g/mol. The highest BCUT2D eigenvalue weighted by Crippen LogP contribution is 2.40. The Morgan fingerprint density at radius 2 is 1.92 bits per heavy atom. The molecule has 0 aliphatic carbocycles. The fraction of sp³-hybridized carbons (Fsp3) is 0.267. The number of benzene rings is 1. The maximum atomic E-state index is 13.2. The Kier molecular flexibility index (Phi) is 4.10. The van der Waals surface area contributed by atoms with Crippen molar-refractivity contribution in [3.8, 4) is 0 Å². The summed E-state index contributed by atoms with van der Waals surface area (Å²) in [6.45, 7) is -0.195. The Morgan fingerprint density at radius 1 is 1.12 bits per heavy atom. The molecule has 0 aliphatic heterocycles. The lowest BCUT2D eigenvalue weighted by molar-refractivity contribution is -0.275. The van der Waals surface area contributed by atoms with Crippen molar-refractivity contribution >= 4 is 16.7 Å². The minimum Gasteiger partial charge on any atom is -0.446 e. The van der Waals surface area contributed by atoms with Crippen LogP contribution < -0.4 is 5.32 Å². The van der Waals surface area contributed by atoms with Crippen LogP contribution in [0.4, 0.5) is 19.0 Å². The molecule has 0 fully saturated rings. The van der Waals surface area contributed by atoms with E-state index in [1.807, 2.05) is 0 Å². The van der Waals surface area contributed by atoms with Crippen LogP contribution in [0, 0.1) is 0 Å². The number of oxazole rings is 1. The van der Waals surface area contributed by atoms with Crippen molar-refractivity contribution in [2.75, 3.05) is 11.9 Å². The van der Waals surface area contributed by atoms with Gasteiger partial charge in [0.25, 0.3) is 0 Å². The van der Waals surface area contributed by atoms with Gasteiger partial charge in [0.1, 0.15) is 18.4 Å². The molecule has 24 heavy (non-hydrogen) atoms. The summed E-state index contributed by atoms with van der Waals surface area (Å²) in [5, 5.41) is 13.5. The summed E-state index contributed by atoms with van der Waals surface area (Å²) in [7, 11) is 0. The van der Waals surface area contributed by atoms with E-state index in [9.17, 15) is 18.3 Å². The first-order valence-corrected chi connectivity index (χ1v) is 7.04. The molecule has 0 saturated carbocycles. The molecule has 1 atom stereocenters. The van der Waals surface area contributed by atoms with Crippen LogP contribution >= 0.6 is 0 Å². The normalized spacial score (nSPS) is 14.5. The van der Waals surface area contributed by atoms with Crippen LogP contribution in [0.25, 0.3) is 10.9 Å². The number of nitrogens with one attached hydrogen (secondary N) is 1. The number of nitrogens with zero attached hydrogens (tertiary/aromatic N) is 3. The highest BCUT2D eigenvalue weighted by atomic mass is 19.4. The van der Waals surface area contributed by atoms with Gasteiger partial charge in [0.2, 0.25) is 11.5 Å². The highest BCUT2D eigenvalue weighted by Gasteiger charge is 2.57. The third-order valence-electron chi connectivity index (χ3n) is 3.58. The van der Waals surface area contributed by atoms with E-state index in [-0.39, 0.29) is 6.54 Å². The van der Waals surface area contributed by atoms with Gasteiger partial charge in [0, 0.05) is 18.4 Å². The van der Waals surface area contributed by atoms with Gasteiger partial charge in [0.05, 0.1) is 11.7 Å². The average molecular weight is 338 g/mol. The standard InChI is InChI=1S/C15H13F3N4O2/c16-15(17,18)14(23,13-20-7-8-24-13)5-6-19-12-10-3-1-2-4-11(10)21-9-22-12/h1-4,7-9,23H,5-6H2,(H,19,21,22). The lowest BCUT2D eigenvalue weighted by atomic mass is 9.99. The van der Waals surface area contributed by atoms with Crippen LogP contribution in [0.5, 0.6) is 0 Å². The third-order valence-corrected chi connectivity index (χ3v) is 3.58. The topological polar surface area (TPSA) is 84.1 Å². The molecule has 0 radical (unpaired) electrons. The Bertz CT molecular complexity index is 818. The molecule has 0 spiro atoms. The Labute approximate surface area is 134 Å². The van der Waals surface area contributed by atoms with E-state index in [2.05, 4.69) is 24.7 Å². The first-order chi connectivity index (χ1) is 11.4. The van der Waals surface area contributed by atoms with Crippen molar-refractivity contribution in [3.63, 3.8) is 0 Å². The quantitative estimate of drug-likeness (QED) is 0.744. The SMILES string of the molecule is OC(CCNc1ncnc2ccccc12)(c1ncco1)C(F)(F)F. The number of halogens is 3. The van der Waals surface area contributed by atoms with E-state index >= 15 is 0 Å². The zero-order valence-electron chi connectivity index (χ0n) is 12.3. The third kappa shape index (κ3) is 2.90. The largest absolute Gasteiger partial charge is 0.446 e. The molecule has 2 N–H and O–H groups in total. The molecule has 2 heterocycles. The van der Waals surface area contributed by atoms with Gasteiger partial charge in [-0.2, -0.15) is 13.2 Å². The maximum absolute atomic E-state index is 13.2. The van der Waals surface area contributed by atoms with Crippen molar-refractivity contribution in [3.05, 3.63) is 48.9 Å². The second kappa shape index (κ2) is 6.08. The van der Waals surface area contributed by atoms with E-state index < -0.39 is 24.1 Å². The van der Waals surface area contributed by atoms with E-state index in [4.69, 9.17) is 0 Å². The number of aromatic nitrogens is 3. The molecule has 3 rings (SSSR count). The number of rotatable bonds is 5. The first-order valence-electron chi connectivity index (χ1n) is 7.04. The molecule has 0 aliphatic rings. The van der Waals surface area contributed by atoms with E-state index in [0.29, 0.717) is 16.7 Å². The van der Waals surface area contributed by atoms with E-state index in [1.54, 1.807) is 24.3 Å². The van der Waals surface area contributed by atoms with Crippen molar-refractivity contribution < 1.29 is 22.7 Å². The molecule has 0 bridgehead atoms. The number of anilines is 1. The van der Waals surface area contributed by atoms with Gasteiger partial charge in [0.15, 0.2) is 0 Å². The smallest absolute Gasteiger partial charge is 0.426 e. The van der Waals surface area contributed by atoms with E-state index in [0.717, 1.165) is 12.5 Å². The van der Waals surface area contributed by atoms with Crippen LogP contribution in [-0.2, 0) is 5.60 Å². The molecule has 0 saturated heterocycles. The molecule has 6 nitrogen and oxygen atoms in total. The predicted octanol–water partition coefficient (Wildman–Crippen LogP) is 2.87. The molecule has 2 aromatic heterocycles. The lowest BCUT2D eigenvalue weighted by Crippen LogP contribution is -2.44. The van der Waals surface area contributed by atoms with Gasteiger partial charge in [-0.25, -0.2) is 15.0 Å². The number of alkyl halides is 3. The van der Waals surface area contributed by atoms with Gasteiger partial charge in [-0.15, -0.1) is 0 Å². The fourth-order valence-electron chi connectivity index (χ4n) is 2.31. The molecule has 9 heteroatoms. The minimum atomic E-state index is -4.92. The van der Waals surface area contributed by atoms with Gasteiger partial charge in [-0.05, 0) is 12.1 Å². The second-order valence-electron chi connectivity index (χ2n) is 5.11. The molecule has 3 aromatic rings. The zero-order valence-corrected chi connectivity index (χ0v) is 12.3. The van der Waals surface area contributed by atoms with Crippen molar-refractivity contribution in [1.29, 1.82) is 0 Å². The maximum Gasteiger partial charge on any atom is 0.426 e. The first kappa shape index (κ1) is 16.2. The number of aliphatic hydroxyl groups is 1. The second-order valence-corrected chi connectivity index (χ2v) is 5.11. The van der Waals surface area contributed by atoms with Crippen molar-refractivity contribution in [2.45, 2.75) is 18.2 Å². The Balaban J connectivity index is 1.79. The number of hydrogen-bond donors (Lipinski definition) is 2. The van der Waals surface area contributed by atoms with Crippen molar-refractivity contribution in [2.24, 2.45) is 0 Å². The van der Waals surface area contributed by atoms with Gasteiger partial charge in [-0.3, -0.25) is 0 Å². The molecular weight excluding hydrogens is 325 g/mol. The van der Waals surface area contributed by atoms with Crippen LogP contribution in [0.15, 0.2) is 47.5 Å². The number of hydrogen-bond acceptors (Lipinski definition) is 6. The fourth-order valence-corrected chi connectivity index (χ4v) is 2.31. The molecule has 126 valence electrons. The summed E-state index contributed by atoms with van der Waals surface area (Å²) in [5.41, 5.74) is -2.51. The summed E-state index contributed by atoms with van der Waals surface area (Å²) in [6.07, 6.45) is -2.26. The molecule has 0 amide bonds. The van der Waals surface area contributed by atoms with Crippen LogP contribution in [-0.4, -0.2) is 32.8 Å². The summed E-state index contributed by atoms with van der Waals surface area (Å²) in [5.74, 6) is -0.401. The van der Waals surface area contributed by atoms with Crippen LogP contribution in [0.3, 0.4) is 0 Å².